The molecule has 0 bridgehead atoms. The summed E-state index contributed by atoms with van der Waals surface area (Å²) >= 11 is 0. The lowest BCUT2D eigenvalue weighted by Crippen LogP contribution is -2.43. The van der Waals surface area contributed by atoms with Gasteiger partial charge in [0.05, 0.1) is 11.9 Å². The molecule has 0 aliphatic heterocycles. The molecule has 0 aliphatic carbocycles. The van der Waals surface area contributed by atoms with Gasteiger partial charge >= 0.3 is 0 Å². The number of hydrogen-bond acceptors (Lipinski definition) is 4. The second kappa shape index (κ2) is 6.84. The van der Waals surface area contributed by atoms with Crippen molar-refractivity contribution in [2.24, 2.45) is 11.7 Å². The van der Waals surface area contributed by atoms with E-state index in [-0.39, 0.29) is 5.54 Å². The minimum absolute atomic E-state index is 0.329. The van der Waals surface area contributed by atoms with Crippen LogP contribution in [0.4, 0.5) is 0 Å². The Kier molecular flexibility index (Phi) is 4.77. The molecule has 0 saturated carbocycles. The molecular formula is C20H26N4O. The Labute approximate surface area is 148 Å². The number of benzene rings is 1. The number of rotatable bonds is 6. The Morgan fingerprint density at radius 2 is 2.08 bits per heavy atom. The first kappa shape index (κ1) is 17.4. The van der Waals surface area contributed by atoms with Gasteiger partial charge in [0.1, 0.15) is 12.4 Å². The van der Waals surface area contributed by atoms with E-state index in [1.165, 1.54) is 0 Å². The average molecular weight is 338 g/mol. The first-order chi connectivity index (χ1) is 11.9. The molecule has 2 heterocycles. The van der Waals surface area contributed by atoms with E-state index < -0.39 is 0 Å². The summed E-state index contributed by atoms with van der Waals surface area (Å²) in [6.07, 6.45) is 4.54. The number of imidazole rings is 1. The van der Waals surface area contributed by atoms with E-state index in [2.05, 4.69) is 30.0 Å². The maximum atomic E-state index is 6.34. The average Bonchev–Trinajstić information content (AvgIpc) is 2.96. The van der Waals surface area contributed by atoms with Gasteiger partial charge in [0, 0.05) is 17.3 Å². The molecule has 0 spiro atoms. The van der Waals surface area contributed by atoms with Crippen molar-refractivity contribution in [2.45, 2.75) is 39.7 Å². The molecule has 2 N–H and O–H groups in total. The molecule has 0 fully saturated rings. The third-order valence-electron chi connectivity index (χ3n) is 4.18. The second-order valence-electron chi connectivity index (χ2n) is 7.46. The molecule has 0 aliphatic rings. The first-order valence-electron chi connectivity index (χ1n) is 8.67. The van der Waals surface area contributed by atoms with Crippen LogP contribution < -0.4 is 10.5 Å². The Balaban J connectivity index is 1.79. The monoisotopic (exact) mass is 338 g/mol. The number of nitrogens with two attached hydrogens (primary N) is 1. The van der Waals surface area contributed by atoms with Gasteiger partial charge in [-0.3, -0.25) is 0 Å². The molecular weight excluding hydrogens is 312 g/mol. The van der Waals surface area contributed by atoms with Crippen molar-refractivity contribution in [2.75, 3.05) is 6.61 Å². The van der Waals surface area contributed by atoms with Gasteiger partial charge in [-0.1, -0.05) is 13.8 Å². The van der Waals surface area contributed by atoms with E-state index in [0.717, 1.165) is 34.6 Å². The summed E-state index contributed by atoms with van der Waals surface area (Å²) in [7, 11) is 0. The molecule has 3 rings (SSSR count). The van der Waals surface area contributed by atoms with Crippen molar-refractivity contribution in [3.63, 3.8) is 0 Å². The highest BCUT2D eigenvalue weighted by atomic mass is 16.5. The van der Waals surface area contributed by atoms with Crippen molar-refractivity contribution < 1.29 is 4.74 Å². The summed E-state index contributed by atoms with van der Waals surface area (Å²) in [5.41, 5.74) is 9.95. The van der Waals surface area contributed by atoms with Crippen molar-refractivity contribution in [1.82, 2.24) is 14.6 Å². The Bertz CT molecular complexity index is 867. The Morgan fingerprint density at radius 1 is 1.28 bits per heavy atom. The maximum absolute atomic E-state index is 6.34. The van der Waals surface area contributed by atoms with Crippen molar-refractivity contribution >= 4 is 5.65 Å². The number of ether oxygens (including phenoxy) is 1. The van der Waals surface area contributed by atoms with Crippen molar-refractivity contribution in [3.8, 4) is 17.0 Å². The van der Waals surface area contributed by atoms with Crippen LogP contribution in [0.3, 0.4) is 0 Å². The minimum Gasteiger partial charge on any atom is -0.491 e. The largest absolute Gasteiger partial charge is 0.491 e. The Hall–Kier alpha value is -2.40. The minimum atomic E-state index is -0.329. The topological polar surface area (TPSA) is 65.4 Å². The molecule has 0 saturated heterocycles. The van der Waals surface area contributed by atoms with Gasteiger partial charge in [-0.25, -0.2) is 9.50 Å². The molecule has 5 nitrogen and oxygen atoms in total. The molecule has 0 amide bonds. The standard InChI is InChI=1S/C20H26N4O/c1-14(2)11-20(4,21)13-25-18-8-7-16(10-15(18)3)17-12-22-19-6-5-9-23-24(17)19/h5-10,12,14H,11,13,21H2,1-4H3. The summed E-state index contributed by atoms with van der Waals surface area (Å²) in [4.78, 5) is 4.40. The second-order valence-corrected chi connectivity index (χ2v) is 7.46. The first-order valence-corrected chi connectivity index (χ1v) is 8.67. The molecule has 0 radical (unpaired) electrons. The Morgan fingerprint density at radius 3 is 2.80 bits per heavy atom. The number of aryl methyl sites for hydroxylation is 1. The van der Waals surface area contributed by atoms with Gasteiger partial charge in [-0.2, -0.15) is 5.10 Å². The highest BCUT2D eigenvalue weighted by molar-refractivity contribution is 5.65. The van der Waals surface area contributed by atoms with E-state index in [9.17, 15) is 0 Å². The summed E-state index contributed by atoms with van der Waals surface area (Å²) in [6, 6.07) is 9.96. The molecule has 1 atom stereocenters. The highest BCUT2D eigenvalue weighted by Crippen LogP contribution is 2.27. The summed E-state index contributed by atoms with van der Waals surface area (Å²) in [6.45, 7) is 8.94. The predicted molar refractivity (Wildman–Crippen MR) is 101 cm³/mol. The lowest BCUT2D eigenvalue weighted by Gasteiger charge is -2.27. The fraction of sp³-hybridized carbons (Fsp3) is 0.400. The van der Waals surface area contributed by atoms with Gasteiger partial charge < -0.3 is 10.5 Å². The maximum Gasteiger partial charge on any atom is 0.154 e. The van der Waals surface area contributed by atoms with Crippen LogP contribution in [0.1, 0.15) is 32.8 Å². The summed E-state index contributed by atoms with van der Waals surface area (Å²) < 4.78 is 7.84. The fourth-order valence-corrected chi connectivity index (χ4v) is 3.23. The quantitative estimate of drug-likeness (QED) is 0.741. The van der Waals surface area contributed by atoms with Crippen molar-refractivity contribution in [3.05, 3.63) is 48.3 Å². The lowest BCUT2D eigenvalue weighted by atomic mass is 9.93. The molecule has 3 aromatic rings. The van der Waals surface area contributed by atoms with E-state index >= 15 is 0 Å². The number of hydrogen-bond donors (Lipinski definition) is 1. The van der Waals surface area contributed by atoms with Gasteiger partial charge in [-0.05, 0) is 62.1 Å². The van der Waals surface area contributed by atoms with Crippen LogP contribution in [0.5, 0.6) is 5.75 Å². The van der Waals surface area contributed by atoms with Gasteiger partial charge in [0.15, 0.2) is 5.65 Å². The molecule has 5 heteroatoms. The smallest absolute Gasteiger partial charge is 0.154 e. The highest BCUT2D eigenvalue weighted by Gasteiger charge is 2.21. The van der Waals surface area contributed by atoms with Crippen LogP contribution in [0.25, 0.3) is 16.9 Å². The van der Waals surface area contributed by atoms with Crippen LogP contribution in [-0.4, -0.2) is 26.7 Å². The molecule has 25 heavy (non-hydrogen) atoms. The number of aromatic nitrogens is 3. The van der Waals surface area contributed by atoms with Crippen LogP contribution >= 0.6 is 0 Å². The van der Waals surface area contributed by atoms with Gasteiger partial charge in [0.25, 0.3) is 0 Å². The van der Waals surface area contributed by atoms with E-state index in [0.29, 0.717) is 12.5 Å². The lowest BCUT2D eigenvalue weighted by molar-refractivity contribution is 0.206. The third kappa shape index (κ3) is 3.99. The van der Waals surface area contributed by atoms with Crippen LogP contribution in [0.2, 0.25) is 0 Å². The zero-order valence-electron chi connectivity index (χ0n) is 15.4. The van der Waals surface area contributed by atoms with Crippen LogP contribution in [0, 0.1) is 12.8 Å². The molecule has 1 unspecified atom stereocenters. The molecule has 1 aromatic carbocycles. The molecule has 132 valence electrons. The fourth-order valence-electron chi connectivity index (χ4n) is 3.23. The number of nitrogens with zero attached hydrogens (tertiary/aromatic N) is 3. The SMILES string of the molecule is Cc1cc(-c2cnc3cccnn23)ccc1OCC(C)(N)CC(C)C. The zero-order valence-corrected chi connectivity index (χ0v) is 15.4. The van der Waals surface area contributed by atoms with E-state index in [4.69, 9.17) is 10.5 Å². The number of fused-ring (bicyclic) bond motifs is 1. The summed E-state index contributed by atoms with van der Waals surface area (Å²) in [5.74, 6) is 1.41. The third-order valence-corrected chi connectivity index (χ3v) is 4.18. The zero-order chi connectivity index (χ0) is 18.0. The van der Waals surface area contributed by atoms with Crippen LogP contribution in [-0.2, 0) is 0 Å². The normalized spacial score (nSPS) is 14.0. The van der Waals surface area contributed by atoms with Crippen LogP contribution in [0.15, 0.2) is 42.7 Å². The van der Waals surface area contributed by atoms with E-state index in [1.54, 1.807) is 6.20 Å². The van der Waals surface area contributed by atoms with E-state index in [1.807, 2.05) is 48.8 Å². The van der Waals surface area contributed by atoms with Gasteiger partial charge in [0.2, 0.25) is 0 Å². The van der Waals surface area contributed by atoms with Gasteiger partial charge in [-0.15, -0.1) is 0 Å². The van der Waals surface area contributed by atoms with Crippen molar-refractivity contribution in [1.29, 1.82) is 0 Å². The predicted octanol–water partition coefficient (Wildman–Crippen LogP) is 3.85. The summed E-state index contributed by atoms with van der Waals surface area (Å²) in [5, 5.41) is 4.37. The molecule has 2 aromatic heterocycles.